The van der Waals surface area contributed by atoms with Crippen LogP contribution in [0.15, 0.2) is 18.2 Å². The molecule has 5 heteroatoms. The molecule has 0 saturated carbocycles. The van der Waals surface area contributed by atoms with Gasteiger partial charge in [-0.25, -0.2) is 4.39 Å². The minimum atomic E-state index is -0.323. The summed E-state index contributed by atoms with van der Waals surface area (Å²) in [6, 6.07) is 4.59. The fourth-order valence-electron chi connectivity index (χ4n) is 3.11. The van der Waals surface area contributed by atoms with Gasteiger partial charge in [0.1, 0.15) is 5.82 Å². The molecule has 0 unspecified atom stereocenters. The van der Waals surface area contributed by atoms with Gasteiger partial charge < -0.3 is 14.5 Å². The number of carbonyl (C=O) groups excluding carboxylic acids is 1. The van der Waals surface area contributed by atoms with Crippen molar-refractivity contribution < 1.29 is 13.9 Å². The number of hydrogen-bond donors (Lipinski definition) is 0. The van der Waals surface area contributed by atoms with Crippen molar-refractivity contribution >= 4 is 5.91 Å². The van der Waals surface area contributed by atoms with E-state index in [1.807, 2.05) is 18.7 Å². The van der Waals surface area contributed by atoms with Crippen LogP contribution in [0.3, 0.4) is 0 Å². The molecule has 1 amide bonds. The van der Waals surface area contributed by atoms with Gasteiger partial charge in [-0.3, -0.25) is 4.79 Å². The highest BCUT2D eigenvalue weighted by atomic mass is 19.1. The number of likely N-dealkylation sites (tertiary alicyclic amines) is 1. The summed E-state index contributed by atoms with van der Waals surface area (Å²) in [5, 5.41) is 0. The van der Waals surface area contributed by atoms with Gasteiger partial charge in [-0.1, -0.05) is 6.92 Å². The van der Waals surface area contributed by atoms with Gasteiger partial charge >= 0.3 is 0 Å². The number of rotatable bonds is 9. The average Bonchev–Trinajstić information content (AvgIpc) is 3.10. The van der Waals surface area contributed by atoms with Gasteiger partial charge in [-0.2, -0.15) is 0 Å². The van der Waals surface area contributed by atoms with Crippen molar-refractivity contribution in [2.75, 3.05) is 32.7 Å². The molecule has 2 rings (SSSR count). The highest BCUT2D eigenvalue weighted by Crippen LogP contribution is 2.15. The Kier molecular flexibility index (Phi) is 7.85. The summed E-state index contributed by atoms with van der Waals surface area (Å²) >= 11 is 0. The monoisotopic (exact) mass is 350 g/mol. The summed E-state index contributed by atoms with van der Waals surface area (Å²) in [5.74, 6) is -0.344. The van der Waals surface area contributed by atoms with Crippen LogP contribution in [0, 0.1) is 5.82 Å². The molecule has 1 aromatic rings. The summed E-state index contributed by atoms with van der Waals surface area (Å²) in [4.78, 5) is 17.2. The Labute approximate surface area is 150 Å². The number of hydrogen-bond acceptors (Lipinski definition) is 3. The lowest BCUT2D eigenvalue weighted by Gasteiger charge is -2.25. The zero-order valence-corrected chi connectivity index (χ0v) is 15.8. The fraction of sp³-hybridized carbons (Fsp3) is 0.650. The van der Waals surface area contributed by atoms with Crippen LogP contribution in [0.25, 0.3) is 0 Å². The van der Waals surface area contributed by atoms with Crippen LogP contribution >= 0.6 is 0 Å². The third kappa shape index (κ3) is 6.08. The van der Waals surface area contributed by atoms with E-state index in [9.17, 15) is 9.18 Å². The van der Waals surface area contributed by atoms with E-state index >= 15 is 0 Å². The van der Waals surface area contributed by atoms with Crippen molar-refractivity contribution in [3.05, 3.63) is 35.1 Å². The molecule has 0 N–H and O–H groups in total. The molecule has 0 spiro atoms. The van der Waals surface area contributed by atoms with Gasteiger partial charge in [0.05, 0.1) is 12.7 Å². The summed E-state index contributed by atoms with van der Waals surface area (Å²) in [5.41, 5.74) is 0.981. The minimum absolute atomic E-state index is 0.0214. The van der Waals surface area contributed by atoms with Crippen molar-refractivity contribution in [2.24, 2.45) is 0 Å². The predicted molar refractivity (Wildman–Crippen MR) is 98.2 cm³/mol. The van der Waals surface area contributed by atoms with Crippen LogP contribution < -0.4 is 0 Å². The maximum atomic E-state index is 14.0. The molecule has 1 heterocycles. The number of ether oxygens (including phenoxy) is 1. The lowest BCUT2D eigenvalue weighted by atomic mass is 10.1. The lowest BCUT2D eigenvalue weighted by Crippen LogP contribution is -2.38. The van der Waals surface area contributed by atoms with Crippen LogP contribution in [-0.2, 0) is 11.3 Å². The van der Waals surface area contributed by atoms with Crippen LogP contribution in [0.1, 0.15) is 56.0 Å². The van der Waals surface area contributed by atoms with Crippen LogP contribution in [-0.4, -0.2) is 54.5 Å². The molecular formula is C20H31FN2O2. The van der Waals surface area contributed by atoms with Crippen LogP contribution in [0.2, 0.25) is 0 Å². The fourth-order valence-corrected chi connectivity index (χ4v) is 3.11. The Morgan fingerprint density at radius 2 is 2.00 bits per heavy atom. The topological polar surface area (TPSA) is 32.8 Å². The Morgan fingerprint density at radius 1 is 1.28 bits per heavy atom. The molecule has 25 heavy (non-hydrogen) atoms. The quantitative estimate of drug-likeness (QED) is 0.681. The summed E-state index contributed by atoms with van der Waals surface area (Å²) in [6.07, 6.45) is 3.43. The second-order valence-electron chi connectivity index (χ2n) is 7.01. The Morgan fingerprint density at radius 3 is 2.64 bits per heavy atom. The van der Waals surface area contributed by atoms with Crippen molar-refractivity contribution in [1.82, 2.24) is 9.80 Å². The Bertz CT molecular complexity index is 557. The van der Waals surface area contributed by atoms with Gasteiger partial charge in [-0.15, -0.1) is 0 Å². The molecule has 0 aromatic heterocycles. The van der Waals surface area contributed by atoms with Gasteiger partial charge in [0, 0.05) is 30.8 Å². The molecule has 0 radical (unpaired) electrons. The zero-order valence-electron chi connectivity index (χ0n) is 15.8. The van der Waals surface area contributed by atoms with Crippen molar-refractivity contribution in [2.45, 2.75) is 52.7 Å². The van der Waals surface area contributed by atoms with Crippen molar-refractivity contribution in [1.29, 1.82) is 0 Å². The van der Waals surface area contributed by atoms with Gasteiger partial charge in [-0.05, 0) is 64.4 Å². The first-order chi connectivity index (χ1) is 12.0. The summed E-state index contributed by atoms with van der Waals surface area (Å²) in [6.45, 7) is 10.7. The molecule has 4 nitrogen and oxygen atoms in total. The number of amides is 1. The largest absolute Gasteiger partial charge is 0.374 e. The first kappa shape index (κ1) is 19.9. The first-order valence-electron chi connectivity index (χ1n) is 9.43. The number of carbonyl (C=O) groups is 1. The highest BCUT2D eigenvalue weighted by molar-refractivity contribution is 5.94. The molecule has 0 aliphatic carbocycles. The number of nitrogens with zero attached hydrogens (tertiary/aromatic N) is 2. The van der Waals surface area contributed by atoms with E-state index in [-0.39, 0.29) is 24.4 Å². The predicted octanol–water partition coefficient (Wildman–Crippen LogP) is 3.70. The van der Waals surface area contributed by atoms with Crippen molar-refractivity contribution in [3.63, 3.8) is 0 Å². The molecular weight excluding hydrogens is 319 g/mol. The van der Waals surface area contributed by atoms with E-state index in [1.54, 1.807) is 12.1 Å². The average molecular weight is 350 g/mol. The molecule has 1 aromatic carbocycles. The van der Waals surface area contributed by atoms with Gasteiger partial charge in [0.25, 0.3) is 5.91 Å². The van der Waals surface area contributed by atoms with Crippen LogP contribution in [0.5, 0.6) is 0 Å². The van der Waals surface area contributed by atoms with E-state index < -0.39 is 0 Å². The first-order valence-corrected chi connectivity index (χ1v) is 9.43. The standard InChI is InChI=1S/C20H31FN2O2/c1-4-9-23(13-12-22-10-5-6-11-22)20(24)17-7-8-19(21)18(14-17)15-25-16(2)3/h7-8,14,16H,4-6,9-13,15H2,1-3H3. The molecule has 140 valence electrons. The minimum Gasteiger partial charge on any atom is -0.374 e. The molecule has 0 atom stereocenters. The molecule has 1 fully saturated rings. The molecule has 1 aliphatic heterocycles. The molecule has 1 aliphatic rings. The Hall–Kier alpha value is -1.46. The number of benzene rings is 1. The van der Waals surface area contributed by atoms with E-state index in [2.05, 4.69) is 11.8 Å². The van der Waals surface area contributed by atoms with E-state index in [1.165, 1.54) is 18.9 Å². The maximum Gasteiger partial charge on any atom is 0.253 e. The summed E-state index contributed by atoms with van der Waals surface area (Å²) < 4.78 is 19.5. The van der Waals surface area contributed by atoms with E-state index in [0.29, 0.717) is 11.1 Å². The summed E-state index contributed by atoms with van der Waals surface area (Å²) in [7, 11) is 0. The van der Waals surface area contributed by atoms with Crippen LogP contribution in [0.4, 0.5) is 4.39 Å². The SMILES string of the molecule is CCCN(CCN1CCCC1)C(=O)c1ccc(F)c(COC(C)C)c1. The zero-order chi connectivity index (χ0) is 18.2. The lowest BCUT2D eigenvalue weighted by molar-refractivity contribution is 0.0637. The molecule has 0 bridgehead atoms. The smallest absolute Gasteiger partial charge is 0.253 e. The second-order valence-corrected chi connectivity index (χ2v) is 7.01. The maximum absolute atomic E-state index is 14.0. The van der Waals surface area contributed by atoms with Crippen molar-refractivity contribution in [3.8, 4) is 0 Å². The normalized spacial score (nSPS) is 15.1. The second kappa shape index (κ2) is 9.88. The third-order valence-corrected chi connectivity index (χ3v) is 4.53. The van der Waals surface area contributed by atoms with E-state index in [0.717, 1.165) is 39.1 Å². The van der Waals surface area contributed by atoms with Gasteiger partial charge in [0.15, 0.2) is 0 Å². The van der Waals surface area contributed by atoms with Gasteiger partial charge in [0.2, 0.25) is 0 Å². The highest BCUT2D eigenvalue weighted by Gasteiger charge is 2.19. The molecule has 1 saturated heterocycles. The van der Waals surface area contributed by atoms with E-state index in [4.69, 9.17) is 4.74 Å². The third-order valence-electron chi connectivity index (χ3n) is 4.53. The Balaban J connectivity index is 2.04. The number of halogens is 1.